The maximum Gasteiger partial charge on any atom is 0.0601 e. The van der Waals surface area contributed by atoms with Crippen molar-refractivity contribution in [2.75, 3.05) is 18.8 Å². The third-order valence-corrected chi connectivity index (χ3v) is 2.51. The second-order valence-electron chi connectivity index (χ2n) is 3.70. The number of hydrogen-bond acceptors (Lipinski definition) is 2. The molecule has 0 radical (unpaired) electrons. The summed E-state index contributed by atoms with van der Waals surface area (Å²) in [6.45, 7) is 6.63. The zero-order chi connectivity index (χ0) is 11.3. The summed E-state index contributed by atoms with van der Waals surface area (Å²) in [5, 5.41) is 0. The molecular formula is C13H18N2. The minimum Gasteiger partial charge on any atom is -0.399 e. The second kappa shape index (κ2) is 5.43. The highest BCUT2D eigenvalue weighted by Crippen LogP contribution is 2.14. The van der Waals surface area contributed by atoms with E-state index in [1.165, 1.54) is 5.56 Å². The molecule has 0 bridgehead atoms. The second-order valence-corrected chi connectivity index (χ2v) is 3.70. The van der Waals surface area contributed by atoms with E-state index in [-0.39, 0.29) is 0 Å². The molecular weight excluding hydrogens is 184 g/mol. The van der Waals surface area contributed by atoms with E-state index in [1.54, 1.807) is 0 Å². The van der Waals surface area contributed by atoms with Crippen molar-refractivity contribution in [2.24, 2.45) is 0 Å². The van der Waals surface area contributed by atoms with E-state index in [9.17, 15) is 0 Å². The minimum absolute atomic E-state index is 0.685. The molecule has 2 nitrogen and oxygen atoms in total. The number of benzene rings is 1. The Kier molecular flexibility index (Phi) is 4.20. The number of hydrogen-bond donors (Lipinski definition) is 1. The van der Waals surface area contributed by atoms with Gasteiger partial charge in [-0.15, -0.1) is 6.42 Å². The molecule has 2 N–H and O–H groups in total. The summed E-state index contributed by atoms with van der Waals surface area (Å²) in [6.07, 6.45) is 5.30. The van der Waals surface area contributed by atoms with Crippen LogP contribution in [0, 0.1) is 19.3 Å². The van der Waals surface area contributed by atoms with Gasteiger partial charge in [0.2, 0.25) is 0 Å². The van der Waals surface area contributed by atoms with Crippen molar-refractivity contribution in [1.29, 1.82) is 0 Å². The zero-order valence-electron chi connectivity index (χ0n) is 9.46. The van der Waals surface area contributed by atoms with Gasteiger partial charge < -0.3 is 5.73 Å². The monoisotopic (exact) mass is 202 g/mol. The van der Waals surface area contributed by atoms with E-state index < -0.39 is 0 Å². The van der Waals surface area contributed by atoms with Gasteiger partial charge in [-0.2, -0.15) is 0 Å². The van der Waals surface area contributed by atoms with Gasteiger partial charge in [0, 0.05) is 12.2 Å². The molecule has 1 aromatic rings. The predicted octanol–water partition coefficient (Wildman–Crippen LogP) is 2.03. The molecule has 0 aromatic heterocycles. The smallest absolute Gasteiger partial charge is 0.0601 e. The van der Waals surface area contributed by atoms with E-state index in [1.807, 2.05) is 19.1 Å². The van der Waals surface area contributed by atoms with Gasteiger partial charge in [0.15, 0.2) is 0 Å². The number of aryl methyl sites for hydroxylation is 1. The van der Waals surface area contributed by atoms with E-state index in [2.05, 4.69) is 23.8 Å². The summed E-state index contributed by atoms with van der Waals surface area (Å²) in [4.78, 5) is 2.20. The molecule has 0 saturated heterocycles. The summed E-state index contributed by atoms with van der Waals surface area (Å²) in [5.74, 6) is 2.66. The quantitative estimate of drug-likeness (QED) is 0.598. The van der Waals surface area contributed by atoms with Gasteiger partial charge in [0.05, 0.1) is 6.54 Å². The first kappa shape index (κ1) is 11.6. The lowest BCUT2D eigenvalue weighted by molar-refractivity contribution is 0.316. The SMILES string of the molecule is C#CCN(CC)Cc1ccc(C)c(N)c1. The van der Waals surface area contributed by atoms with Crippen LogP contribution in [0.2, 0.25) is 0 Å². The fourth-order valence-electron chi connectivity index (χ4n) is 1.46. The Balaban J connectivity index is 2.71. The lowest BCUT2D eigenvalue weighted by atomic mass is 10.1. The summed E-state index contributed by atoms with van der Waals surface area (Å²) in [5.41, 5.74) is 9.05. The van der Waals surface area contributed by atoms with E-state index >= 15 is 0 Å². The molecule has 0 spiro atoms. The van der Waals surface area contributed by atoms with Crippen molar-refractivity contribution in [2.45, 2.75) is 20.4 Å². The molecule has 0 aliphatic heterocycles. The largest absolute Gasteiger partial charge is 0.399 e. The summed E-state index contributed by atoms with van der Waals surface area (Å²) >= 11 is 0. The summed E-state index contributed by atoms with van der Waals surface area (Å²) < 4.78 is 0. The standard InChI is InChI=1S/C13H18N2/c1-4-8-15(5-2)10-12-7-6-11(3)13(14)9-12/h1,6-7,9H,5,8,10,14H2,2-3H3. The first-order valence-electron chi connectivity index (χ1n) is 5.18. The molecule has 0 amide bonds. The van der Waals surface area contributed by atoms with Gasteiger partial charge in [-0.3, -0.25) is 4.90 Å². The first-order chi connectivity index (χ1) is 7.17. The first-order valence-corrected chi connectivity index (χ1v) is 5.18. The van der Waals surface area contributed by atoms with Gasteiger partial charge >= 0.3 is 0 Å². The predicted molar refractivity (Wildman–Crippen MR) is 65.4 cm³/mol. The van der Waals surface area contributed by atoms with Crippen molar-refractivity contribution in [3.05, 3.63) is 29.3 Å². The molecule has 2 heteroatoms. The van der Waals surface area contributed by atoms with Gasteiger partial charge in [0.1, 0.15) is 0 Å². The molecule has 0 atom stereocenters. The average Bonchev–Trinajstić information content (AvgIpc) is 2.23. The number of rotatable bonds is 4. The Hall–Kier alpha value is -1.46. The van der Waals surface area contributed by atoms with Gasteiger partial charge in [-0.05, 0) is 30.7 Å². The zero-order valence-corrected chi connectivity index (χ0v) is 9.46. The summed E-state index contributed by atoms with van der Waals surface area (Å²) in [6, 6.07) is 6.17. The van der Waals surface area contributed by atoms with Gasteiger partial charge in [0.25, 0.3) is 0 Å². The Bertz CT molecular complexity index is 363. The highest BCUT2D eigenvalue weighted by Gasteiger charge is 2.03. The topological polar surface area (TPSA) is 29.3 Å². The van der Waals surface area contributed by atoms with Crippen LogP contribution in [0.25, 0.3) is 0 Å². The van der Waals surface area contributed by atoms with E-state index in [0.29, 0.717) is 6.54 Å². The van der Waals surface area contributed by atoms with E-state index in [0.717, 1.165) is 24.3 Å². The Morgan fingerprint density at radius 2 is 2.20 bits per heavy atom. The maximum atomic E-state index is 5.85. The molecule has 0 fully saturated rings. The van der Waals surface area contributed by atoms with Crippen LogP contribution in [0.3, 0.4) is 0 Å². The molecule has 0 saturated carbocycles. The van der Waals surface area contributed by atoms with Crippen LogP contribution in [0.15, 0.2) is 18.2 Å². The van der Waals surface area contributed by atoms with Crippen molar-refractivity contribution in [3.8, 4) is 12.3 Å². The van der Waals surface area contributed by atoms with Crippen LogP contribution in [0.1, 0.15) is 18.1 Å². The maximum absolute atomic E-state index is 5.85. The Labute approximate surface area is 92.1 Å². The van der Waals surface area contributed by atoms with Crippen LogP contribution < -0.4 is 5.73 Å². The van der Waals surface area contributed by atoms with Crippen molar-refractivity contribution in [3.63, 3.8) is 0 Å². The molecule has 1 rings (SSSR count). The highest BCUT2D eigenvalue weighted by atomic mass is 15.1. The molecule has 80 valence electrons. The number of nitrogen functional groups attached to an aromatic ring is 1. The van der Waals surface area contributed by atoms with Crippen molar-refractivity contribution >= 4 is 5.69 Å². The molecule has 0 aliphatic rings. The molecule has 0 aliphatic carbocycles. The van der Waals surface area contributed by atoms with Crippen molar-refractivity contribution in [1.82, 2.24) is 4.90 Å². The third-order valence-electron chi connectivity index (χ3n) is 2.51. The van der Waals surface area contributed by atoms with Gasteiger partial charge in [-0.25, -0.2) is 0 Å². The van der Waals surface area contributed by atoms with Crippen molar-refractivity contribution < 1.29 is 0 Å². The number of nitrogens with zero attached hydrogens (tertiary/aromatic N) is 1. The van der Waals surface area contributed by atoms with Crippen LogP contribution in [0.5, 0.6) is 0 Å². The molecule has 0 unspecified atom stereocenters. The van der Waals surface area contributed by atoms with Gasteiger partial charge in [-0.1, -0.05) is 25.0 Å². The third kappa shape index (κ3) is 3.30. The lowest BCUT2D eigenvalue weighted by Crippen LogP contribution is -2.23. The number of anilines is 1. The minimum atomic E-state index is 0.685. The summed E-state index contributed by atoms with van der Waals surface area (Å²) in [7, 11) is 0. The fourth-order valence-corrected chi connectivity index (χ4v) is 1.46. The molecule has 15 heavy (non-hydrogen) atoms. The normalized spacial score (nSPS) is 10.3. The van der Waals surface area contributed by atoms with Crippen LogP contribution in [-0.2, 0) is 6.54 Å². The van der Waals surface area contributed by atoms with Crippen LogP contribution in [-0.4, -0.2) is 18.0 Å². The number of nitrogens with two attached hydrogens (primary N) is 1. The lowest BCUT2D eigenvalue weighted by Gasteiger charge is -2.17. The molecule has 0 heterocycles. The fraction of sp³-hybridized carbons (Fsp3) is 0.385. The van der Waals surface area contributed by atoms with Crippen LogP contribution >= 0.6 is 0 Å². The number of terminal acetylenes is 1. The van der Waals surface area contributed by atoms with E-state index in [4.69, 9.17) is 12.2 Å². The Morgan fingerprint density at radius 3 is 2.73 bits per heavy atom. The molecule has 1 aromatic carbocycles. The Morgan fingerprint density at radius 1 is 1.47 bits per heavy atom. The highest BCUT2D eigenvalue weighted by molar-refractivity contribution is 5.48. The average molecular weight is 202 g/mol. The van der Waals surface area contributed by atoms with Crippen LogP contribution in [0.4, 0.5) is 5.69 Å².